The van der Waals surface area contributed by atoms with Gasteiger partial charge in [0.05, 0.1) is 12.2 Å². The molecule has 6 nitrogen and oxygen atoms in total. The molecule has 0 fully saturated rings. The molecule has 0 saturated heterocycles. The molecule has 0 spiro atoms. The van der Waals surface area contributed by atoms with Crippen molar-refractivity contribution in [2.45, 2.75) is 71.8 Å². The smallest absolute Gasteiger partial charge is 0.493 e. The summed E-state index contributed by atoms with van der Waals surface area (Å²) in [5.74, 6) is -2.36. The van der Waals surface area contributed by atoms with Crippen molar-refractivity contribution in [3.8, 4) is 16.9 Å². The lowest BCUT2D eigenvalue weighted by Gasteiger charge is -2.29. The highest BCUT2D eigenvalue weighted by Gasteiger charge is 2.41. The van der Waals surface area contributed by atoms with Gasteiger partial charge in [0.2, 0.25) is 5.92 Å². The van der Waals surface area contributed by atoms with Gasteiger partial charge in [-0.05, 0) is 69.4 Å². The number of halogens is 2. The molecule has 0 aliphatic heterocycles. The summed E-state index contributed by atoms with van der Waals surface area (Å²) in [6, 6.07) is 15.2. The zero-order valence-electron chi connectivity index (χ0n) is 23.4. The third-order valence-corrected chi connectivity index (χ3v) is 9.61. The highest BCUT2D eigenvalue weighted by molar-refractivity contribution is 6.60. The number of fused-ring (bicyclic) bond motifs is 1. The van der Waals surface area contributed by atoms with Crippen LogP contribution in [0.1, 0.15) is 58.9 Å². The number of hydrogen-bond acceptors (Lipinski definition) is 6. The van der Waals surface area contributed by atoms with Gasteiger partial charge in [-0.3, -0.25) is 0 Å². The van der Waals surface area contributed by atoms with E-state index in [0.717, 1.165) is 17.4 Å². The van der Waals surface area contributed by atoms with Crippen LogP contribution in [0.25, 0.3) is 22.1 Å². The van der Waals surface area contributed by atoms with Crippen molar-refractivity contribution < 1.29 is 31.2 Å². The third kappa shape index (κ3) is 8.96. The number of alkyl halides is 2. The van der Waals surface area contributed by atoms with Crippen LogP contribution in [0.3, 0.4) is 0 Å². The molecule has 2 aromatic carbocycles. The summed E-state index contributed by atoms with van der Waals surface area (Å²) in [6.07, 6.45) is 0.815. The Morgan fingerprint density at radius 2 is 1.49 bits per heavy atom. The van der Waals surface area contributed by atoms with E-state index in [4.69, 9.17) is 22.4 Å². The zero-order valence-corrected chi connectivity index (χ0v) is 24.4. The van der Waals surface area contributed by atoms with Crippen molar-refractivity contribution in [3.63, 3.8) is 0 Å². The highest BCUT2D eigenvalue weighted by atomic mass is 28.4. The summed E-state index contributed by atoms with van der Waals surface area (Å²) in [4.78, 5) is 12.6. The molecular formula is C30H40F2O6Si. The van der Waals surface area contributed by atoms with E-state index in [2.05, 4.69) is 6.92 Å². The molecule has 3 rings (SSSR count). The Morgan fingerprint density at radius 1 is 0.846 bits per heavy atom. The third-order valence-electron chi connectivity index (χ3n) is 6.45. The minimum absolute atomic E-state index is 0.128. The first-order chi connectivity index (χ1) is 18.7. The Balaban J connectivity index is 1.52. The average Bonchev–Trinajstić information content (AvgIpc) is 2.91. The van der Waals surface area contributed by atoms with Crippen LogP contribution in [0, 0.1) is 0 Å². The van der Waals surface area contributed by atoms with Crippen LogP contribution in [0.4, 0.5) is 8.78 Å². The second-order valence-corrected chi connectivity index (χ2v) is 12.1. The van der Waals surface area contributed by atoms with E-state index in [1.165, 1.54) is 5.56 Å². The van der Waals surface area contributed by atoms with Crippen molar-refractivity contribution in [3.05, 3.63) is 64.5 Å². The van der Waals surface area contributed by atoms with E-state index >= 15 is 0 Å². The van der Waals surface area contributed by atoms with Gasteiger partial charge in [0.15, 0.2) is 0 Å². The van der Waals surface area contributed by atoms with Crippen LogP contribution in [0.15, 0.2) is 57.7 Å². The molecule has 39 heavy (non-hydrogen) atoms. The van der Waals surface area contributed by atoms with Gasteiger partial charge in [-0.25, -0.2) is 13.6 Å². The van der Waals surface area contributed by atoms with E-state index in [0.29, 0.717) is 42.8 Å². The Morgan fingerprint density at radius 3 is 2.10 bits per heavy atom. The molecule has 214 valence electrons. The van der Waals surface area contributed by atoms with Gasteiger partial charge in [0.25, 0.3) is 0 Å². The molecule has 0 N–H and O–H groups in total. The monoisotopic (exact) mass is 562 g/mol. The number of aryl methyl sites for hydroxylation is 1. The van der Waals surface area contributed by atoms with Gasteiger partial charge in [0.1, 0.15) is 11.3 Å². The number of benzene rings is 2. The molecule has 1 aromatic heterocycles. The van der Waals surface area contributed by atoms with E-state index in [1.54, 1.807) is 24.3 Å². The highest BCUT2D eigenvalue weighted by Crippen LogP contribution is 2.30. The lowest BCUT2D eigenvalue weighted by atomic mass is 10.0. The molecule has 0 atom stereocenters. The van der Waals surface area contributed by atoms with Gasteiger partial charge in [0, 0.05) is 50.2 Å². The van der Waals surface area contributed by atoms with Gasteiger partial charge >= 0.3 is 14.4 Å². The van der Waals surface area contributed by atoms with Crippen molar-refractivity contribution in [1.29, 1.82) is 0 Å². The molecule has 0 unspecified atom stereocenters. The zero-order chi connectivity index (χ0) is 28.3. The van der Waals surface area contributed by atoms with Crippen LogP contribution in [-0.4, -0.2) is 41.2 Å². The van der Waals surface area contributed by atoms with E-state index in [-0.39, 0.29) is 32.3 Å². The molecule has 0 bridgehead atoms. The molecule has 0 aliphatic rings. The molecule has 9 heteroatoms. The van der Waals surface area contributed by atoms with Crippen LogP contribution >= 0.6 is 0 Å². The Kier molecular flexibility index (Phi) is 11.7. The van der Waals surface area contributed by atoms with E-state index in [9.17, 15) is 13.6 Å². The predicted molar refractivity (Wildman–Crippen MR) is 152 cm³/mol. The van der Waals surface area contributed by atoms with Crippen molar-refractivity contribution in [2.24, 2.45) is 0 Å². The van der Waals surface area contributed by atoms with Gasteiger partial charge in [-0.2, -0.15) is 0 Å². The number of ether oxygens (including phenoxy) is 1. The molecular weight excluding hydrogens is 522 g/mol. The largest absolute Gasteiger partial charge is 0.500 e. The molecule has 0 amide bonds. The Labute approximate surface area is 230 Å². The maximum absolute atomic E-state index is 14.5. The maximum Gasteiger partial charge on any atom is 0.500 e. The summed E-state index contributed by atoms with van der Waals surface area (Å²) in [7, 11) is -2.92. The Bertz CT molecular complexity index is 1210. The summed E-state index contributed by atoms with van der Waals surface area (Å²) in [5, 5.41) is 0.758. The summed E-state index contributed by atoms with van der Waals surface area (Å²) < 4.78 is 57.6. The van der Waals surface area contributed by atoms with Crippen LogP contribution < -0.4 is 10.4 Å². The maximum atomic E-state index is 14.5. The molecule has 1 heterocycles. The first-order valence-corrected chi connectivity index (χ1v) is 15.8. The van der Waals surface area contributed by atoms with Crippen LogP contribution in [-0.2, 0) is 19.7 Å². The van der Waals surface area contributed by atoms with Gasteiger partial charge < -0.3 is 22.4 Å². The van der Waals surface area contributed by atoms with Crippen LogP contribution in [0.2, 0.25) is 6.04 Å². The fourth-order valence-corrected chi connectivity index (χ4v) is 7.13. The standard InChI is InChI=1S/C30H40F2O6Si/c1-5-23-11-13-24(14-12-23)27-21-25-15-16-26(22-28(25)38-29(27)33)34-19-9-17-30(31,32)18-10-20-39(35-6-2,36-7-3)37-8-4/h11-16,21-22H,5-10,17-20H2,1-4H3. The van der Waals surface area contributed by atoms with Crippen molar-refractivity contribution >= 4 is 19.8 Å². The molecule has 0 saturated carbocycles. The fraction of sp³-hybridized carbons (Fsp3) is 0.500. The first kappa shape index (κ1) is 30.9. The molecule has 0 radical (unpaired) electrons. The average molecular weight is 563 g/mol. The molecule has 3 aromatic rings. The lowest BCUT2D eigenvalue weighted by molar-refractivity contribution is -0.0226. The number of hydrogen-bond donors (Lipinski definition) is 0. The van der Waals surface area contributed by atoms with Crippen molar-refractivity contribution in [2.75, 3.05) is 26.4 Å². The van der Waals surface area contributed by atoms with Gasteiger partial charge in [-0.15, -0.1) is 0 Å². The quantitative estimate of drug-likeness (QED) is 0.0957. The SMILES string of the molecule is CCO[Si](CCCC(F)(F)CCCOc1ccc2cc(-c3ccc(CC)cc3)c(=O)oc2c1)(OCC)OCC. The summed E-state index contributed by atoms with van der Waals surface area (Å²) in [5.41, 5.74) is 2.43. The minimum Gasteiger partial charge on any atom is -0.493 e. The Hall–Kier alpha value is -2.59. The predicted octanol–water partition coefficient (Wildman–Crippen LogP) is 7.65. The molecule has 0 aliphatic carbocycles. The van der Waals surface area contributed by atoms with Gasteiger partial charge in [-0.1, -0.05) is 31.2 Å². The second-order valence-electron chi connectivity index (χ2n) is 9.34. The number of rotatable bonds is 17. The first-order valence-electron chi connectivity index (χ1n) is 13.8. The summed E-state index contributed by atoms with van der Waals surface area (Å²) in [6.45, 7) is 9.02. The van der Waals surface area contributed by atoms with Crippen molar-refractivity contribution in [1.82, 2.24) is 0 Å². The minimum atomic E-state index is -2.92. The lowest BCUT2D eigenvalue weighted by Crippen LogP contribution is -2.46. The second kappa shape index (κ2) is 14.7. The topological polar surface area (TPSA) is 67.1 Å². The van der Waals surface area contributed by atoms with E-state index < -0.39 is 20.4 Å². The summed E-state index contributed by atoms with van der Waals surface area (Å²) >= 11 is 0. The van der Waals surface area contributed by atoms with Crippen LogP contribution in [0.5, 0.6) is 5.75 Å². The normalized spacial score (nSPS) is 12.3. The fourth-order valence-electron chi connectivity index (χ4n) is 4.51. The van der Waals surface area contributed by atoms with E-state index in [1.807, 2.05) is 45.0 Å².